The van der Waals surface area contributed by atoms with Crippen molar-refractivity contribution < 1.29 is 35.9 Å². The summed E-state index contributed by atoms with van der Waals surface area (Å²) >= 11 is 0. The molecule has 0 fully saturated rings. The van der Waals surface area contributed by atoms with E-state index in [4.69, 9.17) is 0 Å². The van der Waals surface area contributed by atoms with Gasteiger partial charge in [-0.25, -0.2) is 17.6 Å². The zero-order chi connectivity index (χ0) is 18.7. The summed E-state index contributed by atoms with van der Waals surface area (Å²) in [5, 5.41) is 0. The Hall–Kier alpha value is -2.71. The number of rotatable bonds is 5. The number of benzene rings is 2. The van der Waals surface area contributed by atoms with Gasteiger partial charge in [-0.15, -0.1) is 0 Å². The number of amides is 1. The first-order valence-corrected chi connectivity index (χ1v) is 6.82. The van der Waals surface area contributed by atoms with Crippen LogP contribution in [0, 0.1) is 23.3 Å². The van der Waals surface area contributed by atoms with Crippen LogP contribution in [-0.4, -0.2) is 24.5 Å². The fourth-order valence-electron chi connectivity index (χ4n) is 2.10. The van der Waals surface area contributed by atoms with Crippen LogP contribution in [0.5, 0.6) is 5.75 Å². The minimum absolute atomic E-state index is 0.188. The number of carbonyl (C=O) groups excluding carboxylic acids is 1. The first-order valence-electron chi connectivity index (χ1n) is 6.82. The van der Waals surface area contributed by atoms with Gasteiger partial charge >= 0.3 is 6.61 Å². The second-order valence-corrected chi connectivity index (χ2v) is 5.05. The topological polar surface area (TPSA) is 29.5 Å². The highest BCUT2D eigenvalue weighted by Gasteiger charge is 2.23. The predicted octanol–water partition coefficient (Wildman–Crippen LogP) is 4.12. The zero-order valence-electron chi connectivity index (χ0n) is 12.7. The van der Waals surface area contributed by atoms with Crippen molar-refractivity contribution >= 4 is 5.91 Å². The molecule has 0 radical (unpaired) electrons. The third-order valence-electron chi connectivity index (χ3n) is 3.21. The lowest BCUT2D eigenvalue weighted by Gasteiger charge is -2.18. The summed E-state index contributed by atoms with van der Waals surface area (Å²) in [6.45, 7) is -3.54. The maximum absolute atomic E-state index is 13.9. The lowest BCUT2D eigenvalue weighted by Crippen LogP contribution is -2.28. The Labute approximate surface area is 138 Å². The van der Waals surface area contributed by atoms with Crippen LogP contribution in [0.1, 0.15) is 15.9 Å². The molecule has 0 bridgehead atoms. The van der Waals surface area contributed by atoms with Crippen molar-refractivity contribution in [2.75, 3.05) is 7.05 Å². The minimum atomic E-state index is -3.28. The number of hydrogen-bond donors (Lipinski definition) is 0. The Bertz CT molecular complexity index is 773. The van der Waals surface area contributed by atoms with Crippen molar-refractivity contribution in [2.45, 2.75) is 13.2 Å². The molecule has 0 aliphatic rings. The number of carbonyl (C=O) groups is 1. The summed E-state index contributed by atoms with van der Waals surface area (Å²) in [6, 6.07) is 3.79. The van der Waals surface area contributed by atoms with E-state index in [0.717, 1.165) is 17.0 Å². The Morgan fingerprint density at radius 2 is 1.60 bits per heavy atom. The van der Waals surface area contributed by atoms with Crippen molar-refractivity contribution in [1.82, 2.24) is 4.90 Å². The van der Waals surface area contributed by atoms with E-state index in [2.05, 4.69) is 4.74 Å². The standard InChI is InChI=1S/C16H11F6NO2/c1-23(7-8-2-3-10(17)11(18)4-8)15(24)14-12(19)5-9(6-13(14)20)25-16(21)22/h2-6,16H,7H2,1H3. The third kappa shape index (κ3) is 4.43. The summed E-state index contributed by atoms with van der Waals surface area (Å²) in [4.78, 5) is 13.0. The summed E-state index contributed by atoms with van der Waals surface area (Å²) in [7, 11) is 1.19. The fourth-order valence-corrected chi connectivity index (χ4v) is 2.10. The molecular formula is C16H11F6NO2. The Morgan fingerprint density at radius 1 is 1.00 bits per heavy atom. The molecule has 2 rings (SSSR count). The predicted molar refractivity (Wildman–Crippen MR) is 75.1 cm³/mol. The maximum atomic E-state index is 13.9. The average Bonchev–Trinajstić information content (AvgIpc) is 2.49. The molecule has 1 amide bonds. The number of nitrogens with zero attached hydrogens (tertiary/aromatic N) is 1. The second-order valence-electron chi connectivity index (χ2n) is 5.05. The van der Waals surface area contributed by atoms with Gasteiger partial charge in [-0.1, -0.05) is 6.07 Å². The van der Waals surface area contributed by atoms with E-state index in [1.165, 1.54) is 13.1 Å². The molecule has 0 aromatic heterocycles. The summed E-state index contributed by atoms with van der Waals surface area (Å²) < 4.78 is 81.9. The lowest BCUT2D eigenvalue weighted by molar-refractivity contribution is -0.0501. The van der Waals surface area contributed by atoms with Gasteiger partial charge in [0.2, 0.25) is 0 Å². The van der Waals surface area contributed by atoms with Gasteiger partial charge in [-0.05, 0) is 17.7 Å². The SMILES string of the molecule is CN(Cc1ccc(F)c(F)c1)C(=O)c1c(F)cc(OC(F)F)cc1F. The molecule has 0 unspecified atom stereocenters. The molecule has 0 aliphatic carbocycles. The Morgan fingerprint density at radius 3 is 2.12 bits per heavy atom. The van der Waals surface area contributed by atoms with E-state index in [1.807, 2.05) is 0 Å². The van der Waals surface area contributed by atoms with Crippen molar-refractivity contribution in [1.29, 1.82) is 0 Å². The van der Waals surface area contributed by atoms with Gasteiger partial charge in [0.1, 0.15) is 22.9 Å². The number of alkyl halides is 2. The number of halogens is 6. The Balaban J connectivity index is 2.22. The molecule has 0 saturated carbocycles. The molecule has 0 heterocycles. The first kappa shape index (κ1) is 18.6. The van der Waals surface area contributed by atoms with Gasteiger partial charge in [0, 0.05) is 25.7 Å². The highest BCUT2D eigenvalue weighted by atomic mass is 19.3. The fraction of sp³-hybridized carbons (Fsp3) is 0.188. The monoisotopic (exact) mass is 363 g/mol. The molecule has 134 valence electrons. The van der Waals surface area contributed by atoms with Gasteiger partial charge in [-0.2, -0.15) is 8.78 Å². The largest absolute Gasteiger partial charge is 0.435 e. The molecule has 25 heavy (non-hydrogen) atoms. The number of hydrogen-bond acceptors (Lipinski definition) is 2. The Kier molecular flexibility index (Phi) is 5.55. The molecule has 0 aliphatic heterocycles. The van der Waals surface area contributed by atoms with Crippen molar-refractivity contribution in [3.63, 3.8) is 0 Å². The molecule has 3 nitrogen and oxygen atoms in total. The molecule has 2 aromatic rings. The first-order chi connectivity index (χ1) is 11.7. The van der Waals surface area contributed by atoms with Crippen molar-refractivity contribution in [2.24, 2.45) is 0 Å². The normalized spacial score (nSPS) is 10.9. The second kappa shape index (κ2) is 7.45. The van der Waals surface area contributed by atoms with Crippen LogP contribution in [0.4, 0.5) is 26.3 Å². The average molecular weight is 363 g/mol. The van der Waals surface area contributed by atoms with Crippen LogP contribution in [0.25, 0.3) is 0 Å². The zero-order valence-corrected chi connectivity index (χ0v) is 12.7. The van der Waals surface area contributed by atoms with Crippen molar-refractivity contribution in [3.05, 3.63) is 64.7 Å². The molecular weight excluding hydrogens is 352 g/mol. The highest BCUT2D eigenvalue weighted by Crippen LogP contribution is 2.24. The van der Waals surface area contributed by atoms with E-state index < -0.39 is 47.1 Å². The smallest absolute Gasteiger partial charge is 0.387 e. The maximum Gasteiger partial charge on any atom is 0.387 e. The summed E-state index contributed by atoms with van der Waals surface area (Å²) in [6.07, 6.45) is 0. The summed E-state index contributed by atoms with van der Waals surface area (Å²) in [5.41, 5.74) is -0.792. The van der Waals surface area contributed by atoms with E-state index in [1.54, 1.807) is 0 Å². The van der Waals surface area contributed by atoms with Crippen LogP contribution in [0.2, 0.25) is 0 Å². The molecule has 0 saturated heterocycles. The van der Waals surface area contributed by atoms with Crippen LogP contribution in [-0.2, 0) is 6.54 Å². The summed E-state index contributed by atoms with van der Waals surface area (Å²) in [5.74, 6) is -6.88. The van der Waals surface area contributed by atoms with E-state index in [9.17, 15) is 31.1 Å². The van der Waals surface area contributed by atoms with E-state index >= 15 is 0 Å². The van der Waals surface area contributed by atoms with Crippen LogP contribution in [0.15, 0.2) is 30.3 Å². The van der Waals surface area contributed by atoms with Crippen LogP contribution in [0.3, 0.4) is 0 Å². The van der Waals surface area contributed by atoms with E-state index in [0.29, 0.717) is 12.1 Å². The molecule has 2 aromatic carbocycles. The molecule has 0 N–H and O–H groups in total. The van der Waals surface area contributed by atoms with Gasteiger partial charge in [0.15, 0.2) is 11.6 Å². The van der Waals surface area contributed by atoms with Crippen LogP contribution < -0.4 is 4.74 Å². The van der Waals surface area contributed by atoms with E-state index in [-0.39, 0.29) is 12.1 Å². The van der Waals surface area contributed by atoms with Crippen molar-refractivity contribution in [3.8, 4) is 5.75 Å². The van der Waals surface area contributed by atoms with Gasteiger partial charge < -0.3 is 9.64 Å². The molecule has 0 atom stereocenters. The molecule has 0 spiro atoms. The van der Waals surface area contributed by atoms with Crippen LogP contribution >= 0.6 is 0 Å². The van der Waals surface area contributed by atoms with Gasteiger partial charge in [0.05, 0.1) is 0 Å². The van der Waals surface area contributed by atoms with Gasteiger partial charge in [0.25, 0.3) is 5.91 Å². The number of ether oxygens (including phenoxy) is 1. The quantitative estimate of drug-likeness (QED) is 0.748. The molecule has 9 heteroatoms. The van der Waals surface area contributed by atoms with Gasteiger partial charge in [-0.3, -0.25) is 4.79 Å². The minimum Gasteiger partial charge on any atom is -0.435 e. The lowest BCUT2D eigenvalue weighted by atomic mass is 10.1. The highest BCUT2D eigenvalue weighted by molar-refractivity contribution is 5.94. The third-order valence-corrected chi connectivity index (χ3v) is 3.21.